The Bertz CT molecular complexity index is 1130. The molecule has 1 aromatic heterocycles. The van der Waals surface area contributed by atoms with E-state index in [0.717, 1.165) is 5.69 Å². The Morgan fingerprint density at radius 2 is 1.84 bits per heavy atom. The number of esters is 1. The van der Waals surface area contributed by atoms with Crippen molar-refractivity contribution in [3.8, 4) is 5.75 Å². The maximum absolute atomic E-state index is 12.7. The lowest BCUT2D eigenvalue weighted by Crippen LogP contribution is -2.21. The van der Waals surface area contributed by atoms with E-state index in [4.69, 9.17) is 15.2 Å². The Kier molecular flexibility index (Phi) is 6.49. The fraction of sp³-hybridized carbons (Fsp3) is 0.381. The lowest BCUT2D eigenvalue weighted by atomic mass is 10.1. The fourth-order valence-electron chi connectivity index (χ4n) is 3.80. The molecule has 166 valence electrons. The summed E-state index contributed by atoms with van der Waals surface area (Å²) in [4.78, 5) is 36.1. The number of rotatable bonds is 8. The molecule has 1 aliphatic heterocycles. The predicted octanol–water partition coefficient (Wildman–Crippen LogP) is 1.37. The molecule has 9 nitrogen and oxygen atoms in total. The SMILES string of the molecule is Cc1cc(C(=O)COC(=O)c2ccccc2OCC(N)=O)c(C)n1C1CCS(=O)(=O)C1. The van der Waals surface area contributed by atoms with Crippen LogP contribution in [-0.2, 0) is 19.4 Å². The topological polar surface area (TPSA) is 135 Å². The van der Waals surface area contributed by atoms with Crippen LogP contribution >= 0.6 is 0 Å². The van der Waals surface area contributed by atoms with Crippen LogP contribution in [-0.4, -0.2) is 55.4 Å². The van der Waals surface area contributed by atoms with Crippen molar-refractivity contribution in [3.63, 3.8) is 0 Å². The van der Waals surface area contributed by atoms with Gasteiger partial charge in [-0.3, -0.25) is 9.59 Å². The largest absolute Gasteiger partial charge is 0.483 e. The van der Waals surface area contributed by atoms with Gasteiger partial charge in [0.25, 0.3) is 5.91 Å². The second kappa shape index (κ2) is 8.93. The third-order valence-electron chi connectivity index (χ3n) is 5.17. The summed E-state index contributed by atoms with van der Waals surface area (Å²) in [6, 6.07) is 7.64. The molecule has 1 saturated heterocycles. The zero-order valence-electron chi connectivity index (χ0n) is 17.3. The minimum atomic E-state index is -3.07. The van der Waals surface area contributed by atoms with Crippen molar-refractivity contribution in [2.24, 2.45) is 5.73 Å². The molecular formula is C21H24N2O7S. The summed E-state index contributed by atoms with van der Waals surface area (Å²) in [6.45, 7) is 2.68. The van der Waals surface area contributed by atoms with Crippen molar-refractivity contribution in [3.05, 3.63) is 52.8 Å². The van der Waals surface area contributed by atoms with Crippen LogP contribution in [0.25, 0.3) is 0 Å². The van der Waals surface area contributed by atoms with Crippen LogP contribution in [0.1, 0.15) is 44.6 Å². The molecular weight excluding hydrogens is 424 g/mol. The zero-order chi connectivity index (χ0) is 22.8. The van der Waals surface area contributed by atoms with Crippen LogP contribution in [0.2, 0.25) is 0 Å². The Labute approximate surface area is 180 Å². The van der Waals surface area contributed by atoms with Crippen molar-refractivity contribution in [2.45, 2.75) is 26.3 Å². The molecule has 1 unspecified atom stereocenters. The number of carbonyl (C=O) groups is 3. The predicted molar refractivity (Wildman–Crippen MR) is 112 cm³/mol. The first-order chi connectivity index (χ1) is 14.6. The molecule has 1 atom stereocenters. The van der Waals surface area contributed by atoms with Gasteiger partial charge in [-0.25, -0.2) is 13.2 Å². The van der Waals surface area contributed by atoms with Gasteiger partial charge in [-0.05, 0) is 38.5 Å². The van der Waals surface area contributed by atoms with E-state index in [1.807, 2.05) is 11.5 Å². The van der Waals surface area contributed by atoms with E-state index in [1.54, 1.807) is 25.1 Å². The number of Topliss-reactive ketones (excluding diaryl/α,β-unsaturated/α-hetero) is 1. The van der Waals surface area contributed by atoms with Gasteiger partial charge in [-0.2, -0.15) is 0 Å². The number of aryl methyl sites for hydroxylation is 1. The Balaban J connectivity index is 1.70. The van der Waals surface area contributed by atoms with Gasteiger partial charge in [-0.1, -0.05) is 12.1 Å². The molecule has 1 amide bonds. The first-order valence-electron chi connectivity index (χ1n) is 9.68. The third-order valence-corrected chi connectivity index (χ3v) is 6.92. The lowest BCUT2D eigenvalue weighted by Gasteiger charge is -2.16. The standard InChI is InChI=1S/C21H24N2O7S/c1-13-9-17(14(2)23(13)15-7-8-31(27,28)12-15)18(24)10-30-21(26)16-5-3-4-6-19(16)29-11-20(22)25/h3-6,9,15H,7-8,10-12H2,1-2H3,(H2,22,25). The van der Waals surface area contributed by atoms with Gasteiger partial charge in [-0.15, -0.1) is 0 Å². The van der Waals surface area contributed by atoms with Gasteiger partial charge >= 0.3 is 5.97 Å². The number of hydrogen-bond acceptors (Lipinski definition) is 7. The number of benzene rings is 1. The summed E-state index contributed by atoms with van der Waals surface area (Å²) in [5.41, 5.74) is 6.93. The molecule has 2 aromatic rings. The van der Waals surface area contributed by atoms with Gasteiger partial charge in [0.15, 0.2) is 23.1 Å². The summed E-state index contributed by atoms with van der Waals surface area (Å²) in [6.07, 6.45) is 0.503. The first-order valence-corrected chi connectivity index (χ1v) is 11.5. The molecule has 0 aliphatic carbocycles. The van der Waals surface area contributed by atoms with E-state index in [2.05, 4.69) is 0 Å². The molecule has 1 aromatic carbocycles. The highest BCUT2D eigenvalue weighted by Gasteiger charge is 2.31. The third kappa shape index (κ3) is 5.13. The van der Waals surface area contributed by atoms with Crippen LogP contribution in [0, 0.1) is 13.8 Å². The average molecular weight is 448 g/mol. The number of aromatic nitrogens is 1. The monoisotopic (exact) mass is 448 g/mol. The number of para-hydroxylation sites is 1. The van der Waals surface area contributed by atoms with Crippen molar-refractivity contribution < 1.29 is 32.3 Å². The van der Waals surface area contributed by atoms with Gasteiger partial charge in [0.1, 0.15) is 11.3 Å². The van der Waals surface area contributed by atoms with Crippen molar-refractivity contribution in [1.29, 1.82) is 0 Å². The fourth-order valence-corrected chi connectivity index (χ4v) is 5.50. The molecule has 1 fully saturated rings. The summed E-state index contributed by atoms with van der Waals surface area (Å²) in [5.74, 6) is -1.56. The van der Waals surface area contributed by atoms with Crippen LogP contribution in [0.5, 0.6) is 5.75 Å². The lowest BCUT2D eigenvalue weighted by molar-refractivity contribution is -0.119. The summed E-state index contributed by atoms with van der Waals surface area (Å²) >= 11 is 0. The van der Waals surface area contributed by atoms with Crippen LogP contribution < -0.4 is 10.5 Å². The summed E-state index contributed by atoms with van der Waals surface area (Å²) in [7, 11) is -3.07. The van der Waals surface area contributed by atoms with E-state index in [9.17, 15) is 22.8 Å². The van der Waals surface area contributed by atoms with Crippen molar-refractivity contribution in [2.75, 3.05) is 24.7 Å². The molecule has 2 heterocycles. The number of ketones is 1. The summed E-state index contributed by atoms with van der Waals surface area (Å²) < 4.78 is 35.9. The molecule has 0 radical (unpaired) electrons. The van der Waals surface area contributed by atoms with E-state index in [1.165, 1.54) is 12.1 Å². The maximum Gasteiger partial charge on any atom is 0.342 e. The van der Waals surface area contributed by atoms with Gasteiger partial charge in [0.05, 0.1) is 11.5 Å². The minimum absolute atomic E-state index is 0.0497. The number of hydrogen-bond donors (Lipinski definition) is 1. The normalized spacial score (nSPS) is 17.3. The average Bonchev–Trinajstić information content (AvgIpc) is 3.22. The Morgan fingerprint density at radius 3 is 2.48 bits per heavy atom. The second-order valence-electron chi connectivity index (χ2n) is 7.46. The number of nitrogens with two attached hydrogens (primary N) is 1. The number of nitrogens with zero attached hydrogens (tertiary/aromatic N) is 1. The van der Waals surface area contributed by atoms with E-state index in [-0.39, 0.29) is 28.9 Å². The zero-order valence-corrected chi connectivity index (χ0v) is 18.1. The van der Waals surface area contributed by atoms with E-state index in [0.29, 0.717) is 17.7 Å². The van der Waals surface area contributed by atoms with Crippen molar-refractivity contribution in [1.82, 2.24) is 4.57 Å². The molecule has 10 heteroatoms. The number of primary amides is 1. The highest BCUT2D eigenvalue weighted by atomic mass is 32.2. The molecule has 1 aliphatic rings. The molecule has 2 N–H and O–H groups in total. The highest BCUT2D eigenvalue weighted by molar-refractivity contribution is 7.91. The first kappa shape index (κ1) is 22.5. The molecule has 0 saturated carbocycles. The molecule has 0 spiro atoms. The quantitative estimate of drug-likeness (QED) is 0.476. The van der Waals surface area contributed by atoms with Gasteiger partial charge < -0.3 is 19.8 Å². The number of carbonyl (C=O) groups excluding carboxylic acids is 3. The Hall–Kier alpha value is -3.14. The summed E-state index contributed by atoms with van der Waals surface area (Å²) in [5, 5.41) is 0. The number of amides is 1. The van der Waals surface area contributed by atoms with Gasteiger partial charge in [0, 0.05) is 23.0 Å². The van der Waals surface area contributed by atoms with E-state index >= 15 is 0 Å². The highest BCUT2D eigenvalue weighted by Crippen LogP contribution is 2.29. The van der Waals surface area contributed by atoms with Crippen LogP contribution in [0.3, 0.4) is 0 Å². The van der Waals surface area contributed by atoms with Crippen molar-refractivity contribution >= 4 is 27.5 Å². The number of ether oxygens (including phenoxy) is 2. The van der Waals surface area contributed by atoms with E-state index < -0.39 is 40.7 Å². The molecule has 0 bridgehead atoms. The second-order valence-corrected chi connectivity index (χ2v) is 9.69. The van der Waals surface area contributed by atoms with Crippen LogP contribution in [0.4, 0.5) is 0 Å². The minimum Gasteiger partial charge on any atom is -0.483 e. The number of sulfone groups is 1. The Morgan fingerprint density at radius 1 is 1.13 bits per heavy atom. The van der Waals surface area contributed by atoms with Crippen LogP contribution in [0.15, 0.2) is 30.3 Å². The van der Waals surface area contributed by atoms with Gasteiger partial charge in [0.2, 0.25) is 5.78 Å². The maximum atomic E-state index is 12.7. The molecule has 3 rings (SSSR count). The smallest absolute Gasteiger partial charge is 0.342 e. The molecule has 31 heavy (non-hydrogen) atoms.